The first-order valence-corrected chi connectivity index (χ1v) is 9.33. The fraction of sp³-hybridized carbons (Fsp3) is 0.556. The van der Waals surface area contributed by atoms with Crippen molar-refractivity contribution in [2.45, 2.75) is 52.2 Å². The Bertz CT molecular complexity index is 962. The number of anilines is 2. The molecular weight excluding hydrogens is 432 g/mol. The van der Waals surface area contributed by atoms with Crippen molar-refractivity contribution < 1.29 is 42.9 Å². The van der Waals surface area contributed by atoms with Crippen molar-refractivity contribution in [3.8, 4) is 6.01 Å². The van der Waals surface area contributed by atoms with Gasteiger partial charge in [-0.25, -0.2) is 0 Å². The summed E-state index contributed by atoms with van der Waals surface area (Å²) in [7, 11) is 1.25. The van der Waals surface area contributed by atoms with Gasteiger partial charge in [0.25, 0.3) is 11.6 Å². The number of rotatable bonds is 6. The molecule has 0 radical (unpaired) electrons. The van der Waals surface area contributed by atoms with E-state index in [1.807, 2.05) is 0 Å². The lowest BCUT2D eigenvalue weighted by Crippen LogP contribution is -2.63. The molecule has 0 bridgehead atoms. The van der Waals surface area contributed by atoms with Crippen LogP contribution in [0.3, 0.4) is 0 Å². The van der Waals surface area contributed by atoms with Gasteiger partial charge in [-0.15, -0.1) is 0 Å². The molecule has 0 aliphatic carbocycles. The molecule has 0 aromatic carbocycles. The van der Waals surface area contributed by atoms with E-state index in [1.165, 1.54) is 7.11 Å². The highest BCUT2D eigenvalue weighted by Gasteiger charge is 2.50. The molecule has 2 rings (SSSR count). The average Bonchev–Trinajstić information content (AvgIpc) is 2.66. The van der Waals surface area contributed by atoms with E-state index in [1.54, 1.807) is 0 Å². The minimum Gasteiger partial charge on any atom is -0.468 e. The number of hydrogen-bond acceptors (Lipinski definition) is 12. The van der Waals surface area contributed by atoms with Gasteiger partial charge in [0, 0.05) is 27.7 Å². The number of hydrogen-bond donors (Lipinski definition) is 2. The normalized spacial score (nSPS) is 22.4. The van der Waals surface area contributed by atoms with Crippen LogP contribution < -0.4 is 20.9 Å². The predicted octanol–water partition coefficient (Wildman–Crippen LogP) is -1.13. The molecule has 1 aliphatic rings. The lowest BCUT2D eigenvalue weighted by Gasteiger charge is -2.44. The van der Waals surface area contributed by atoms with E-state index in [0.29, 0.717) is 0 Å². The topological polar surface area (TPSA) is 189 Å². The molecular formula is C18H24N4O10. The van der Waals surface area contributed by atoms with Crippen molar-refractivity contribution in [2.24, 2.45) is 0 Å². The van der Waals surface area contributed by atoms with E-state index in [0.717, 1.165) is 32.6 Å². The third-order valence-electron chi connectivity index (χ3n) is 4.25. The zero-order valence-electron chi connectivity index (χ0n) is 18.1. The number of aromatic amines is 1. The number of ether oxygens (including phenoxy) is 5. The average molecular weight is 456 g/mol. The molecule has 1 amide bonds. The Balaban J connectivity index is 2.61. The molecule has 0 spiro atoms. The van der Waals surface area contributed by atoms with Gasteiger partial charge in [0.2, 0.25) is 5.91 Å². The first kappa shape index (κ1) is 24.6. The molecule has 14 nitrogen and oxygen atoms in total. The van der Waals surface area contributed by atoms with E-state index in [2.05, 4.69) is 9.97 Å². The number of aromatic nitrogens is 2. The quantitative estimate of drug-likeness (QED) is 0.387. The van der Waals surface area contributed by atoms with Gasteiger partial charge in [-0.1, -0.05) is 0 Å². The van der Waals surface area contributed by atoms with Gasteiger partial charge in [-0.3, -0.25) is 33.9 Å². The van der Waals surface area contributed by atoms with Gasteiger partial charge in [0.05, 0.1) is 13.7 Å². The van der Waals surface area contributed by atoms with Crippen LogP contribution in [0.4, 0.5) is 11.5 Å². The molecule has 1 unspecified atom stereocenters. The summed E-state index contributed by atoms with van der Waals surface area (Å²) in [6, 6.07) is -0.200. The highest BCUT2D eigenvalue weighted by atomic mass is 16.6. The summed E-state index contributed by atoms with van der Waals surface area (Å²) < 4.78 is 26.2. The number of nitrogens with two attached hydrogens (primary N) is 1. The van der Waals surface area contributed by atoms with Crippen molar-refractivity contribution in [2.75, 3.05) is 24.4 Å². The summed E-state index contributed by atoms with van der Waals surface area (Å²) >= 11 is 0. The Morgan fingerprint density at radius 3 is 2.06 bits per heavy atom. The second-order valence-electron chi connectivity index (χ2n) is 6.72. The van der Waals surface area contributed by atoms with Gasteiger partial charge < -0.3 is 29.4 Å². The third-order valence-corrected chi connectivity index (χ3v) is 4.25. The number of methoxy groups -OCH3 is 1. The monoisotopic (exact) mass is 456 g/mol. The number of nitrogen functional groups attached to an aromatic ring is 1. The Hall–Kier alpha value is -3.68. The maximum absolute atomic E-state index is 12.6. The summed E-state index contributed by atoms with van der Waals surface area (Å²) in [4.78, 5) is 67.2. The first-order valence-electron chi connectivity index (χ1n) is 9.33. The molecule has 1 saturated heterocycles. The van der Waals surface area contributed by atoms with Crippen LogP contribution >= 0.6 is 0 Å². The number of nitrogens with zero attached hydrogens (tertiary/aromatic N) is 2. The second kappa shape index (κ2) is 10.1. The van der Waals surface area contributed by atoms with Crippen molar-refractivity contribution in [1.82, 2.24) is 9.97 Å². The largest absolute Gasteiger partial charge is 0.468 e. The zero-order chi connectivity index (χ0) is 24.2. The second-order valence-corrected chi connectivity index (χ2v) is 6.72. The zero-order valence-corrected chi connectivity index (χ0v) is 18.1. The molecule has 176 valence electrons. The molecule has 1 fully saturated rings. The molecule has 0 saturated carbocycles. The predicted molar refractivity (Wildman–Crippen MR) is 105 cm³/mol. The van der Waals surface area contributed by atoms with Gasteiger partial charge in [-0.2, -0.15) is 4.98 Å². The first-order chi connectivity index (χ1) is 15.0. The Morgan fingerprint density at radius 2 is 1.59 bits per heavy atom. The van der Waals surface area contributed by atoms with Crippen LogP contribution in [-0.4, -0.2) is 72.0 Å². The van der Waals surface area contributed by atoms with Crippen LogP contribution in [0.25, 0.3) is 0 Å². The van der Waals surface area contributed by atoms with Gasteiger partial charge in [0.15, 0.2) is 36.0 Å². The van der Waals surface area contributed by atoms with Crippen LogP contribution in [0, 0.1) is 0 Å². The summed E-state index contributed by atoms with van der Waals surface area (Å²) in [5.74, 6) is -3.41. The van der Waals surface area contributed by atoms with E-state index in [4.69, 9.17) is 29.4 Å². The van der Waals surface area contributed by atoms with Crippen molar-refractivity contribution in [3.63, 3.8) is 0 Å². The molecule has 32 heavy (non-hydrogen) atoms. The van der Waals surface area contributed by atoms with Crippen LogP contribution in [0.2, 0.25) is 0 Å². The molecule has 1 aromatic heterocycles. The van der Waals surface area contributed by atoms with E-state index >= 15 is 0 Å². The van der Waals surface area contributed by atoms with E-state index in [9.17, 15) is 24.0 Å². The number of carbonyl (C=O) groups excluding carboxylic acids is 4. The van der Waals surface area contributed by atoms with E-state index < -0.39 is 59.6 Å². The van der Waals surface area contributed by atoms with Crippen LogP contribution in [0.5, 0.6) is 6.01 Å². The fourth-order valence-electron chi connectivity index (χ4n) is 3.20. The van der Waals surface area contributed by atoms with E-state index in [-0.39, 0.29) is 18.4 Å². The SMILES string of the molecule is COc1nc(N)c(N(C(C)=O)C2OC[C@@H](OC(C)=O)[C@@H](OC(C)=O)[C@@H]2OC(C)=O)c(=O)[nH]1. The minimum atomic E-state index is -1.49. The number of esters is 3. The molecule has 3 N–H and O–H groups in total. The fourth-order valence-corrected chi connectivity index (χ4v) is 3.20. The Labute approximate surface area is 181 Å². The standard InChI is InChI=1S/C18H24N4O10/c1-7(23)22(12-15(19)20-18(28-5)21-16(12)27)17-14(32-10(4)26)13(31-9(3)25)11(6-29-17)30-8(2)24/h11,13-14,17H,6H2,1-5H3,(H3,19,20,21,27)/t11-,13-,14+,17?/m1/s1. The molecule has 14 heteroatoms. The smallest absolute Gasteiger partial charge is 0.303 e. The molecule has 1 aliphatic heterocycles. The summed E-state index contributed by atoms with van der Waals surface area (Å²) in [5, 5.41) is 0. The maximum atomic E-state index is 12.6. The van der Waals surface area contributed by atoms with Gasteiger partial charge in [-0.05, 0) is 0 Å². The number of carbonyl (C=O) groups is 4. The summed E-state index contributed by atoms with van der Waals surface area (Å²) in [6.45, 7) is 4.05. The van der Waals surface area contributed by atoms with Crippen molar-refractivity contribution >= 4 is 35.3 Å². The lowest BCUT2D eigenvalue weighted by molar-refractivity contribution is -0.225. The number of nitrogens with one attached hydrogen (secondary N) is 1. The molecule has 1 aromatic rings. The summed E-state index contributed by atoms with van der Waals surface area (Å²) in [5.41, 5.74) is 4.62. The number of amides is 1. The van der Waals surface area contributed by atoms with Gasteiger partial charge in [0.1, 0.15) is 0 Å². The highest BCUT2D eigenvalue weighted by Crippen LogP contribution is 2.30. The molecule has 4 atom stereocenters. The van der Waals surface area contributed by atoms with Crippen LogP contribution in [0.15, 0.2) is 4.79 Å². The maximum Gasteiger partial charge on any atom is 0.303 e. The van der Waals surface area contributed by atoms with Crippen molar-refractivity contribution in [1.29, 1.82) is 0 Å². The van der Waals surface area contributed by atoms with Crippen LogP contribution in [-0.2, 0) is 38.1 Å². The highest BCUT2D eigenvalue weighted by molar-refractivity contribution is 5.94. The summed E-state index contributed by atoms with van der Waals surface area (Å²) in [6.07, 6.45) is -5.48. The van der Waals surface area contributed by atoms with Crippen LogP contribution in [0.1, 0.15) is 27.7 Å². The Morgan fingerprint density at radius 1 is 1.03 bits per heavy atom. The number of H-pyrrole nitrogens is 1. The molecule has 2 heterocycles. The third kappa shape index (κ3) is 5.51. The van der Waals surface area contributed by atoms with Crippen molar-refractivity contribution in [3.05, 3.63) is 10.4 Å². The van der Waals surface area contributed by atoms with Gasteiger partial charge >= 0.3 is 17.9 Å². The minimum absolute atomic E-state index is 0.200. The Kier molecular flexibility index (Phi) is 7.75. The lowest BCUT2D eigenvalue weighted by atomic mass is 10.0.